The van der Waals surface area contributed by atoms with Crippen LogP contribution in [0.4, 0.5) is 0 Å². The van der Waals surface area contributed by atoms with E-state index in [1.807, 2.05) is 0 Å². The van der Waals surface area contributed by atoms with E-state index in [-0.39, 0.29) is 35.7 Å². The molecule has 4 aliphatic rings. The van der Waals surface area contributed by atoms with Crippen molar-refractivity contribution in [1.82, 2.24) is 0 Å². The zero-order valence-corrected chi connectivity index (χ0v) is 24.6. The third-order valence-electron chi connectivity index (χ3n) is 10.8. The van der Waals surface area contributed by atoms with E-state index in [0.29, 0.717) is 30.1 Å². The molecule has 3 fully saturated rings. The molecule has 0 aromatic carbocycles. The molecule has 0 bridgehead atoms. The maximum absolute atomic E-state index is 11.3. The van der Waals surface area contributed by atoms with Crippen LogP contribution in [0.3, 0.4) is 0 Å². The van der Waals surface area contributed by atoms with E-state index >= 15 is 0 Å². The summed E-state index contributed by atoms with van der Waals surface area (Å²) < 4.78 is 77.0. The summed E-state index contributed by atoms with van der Waals surface area (Å²) in [5.41, 5.74) is 0.804. The summed E-state index contributed by atoms with van der Waals surface area (Å²) in [7, 11) is -9.65. The van der Waals surface area contributed by atoms with Crippen molar-refractivity contribution < 1.29 is 39.4 Å². The molecule has 3 saturated carbocycles. The summed E-state index contributed by atoms with van der Waals surface area (Å²) in [4.78, 5) is 0. The molecule has 0 heterocycles. The third-order valence-corrected chi connectivity index (χ3v) is 11.7. The molecule has 0 amide bonds. The smallest absolute Gasteiger partial charge is 0.218 e. The van der Waals surface area contributed by atoms with Crippen molar-refractivity contribution in [2.24, 2.45) is 46.3 Å². The molecule has 9 atom stereocenters. The van der Waals surface area contributed by atoms with E-state index in [9.17, 15) is 31.0 Å². The van der Waals surface area contributed by atoms with Crippen LogP contribution in [0, 0.1) is 46.3 Å². The highest BCUT2D eigenvalue weighted by Gasteiger charge is 2.60. The van der Waals surface area contributed by atoms with Crippen molar-refractivity contribution in [3.8, 4) is 0 Å². The largest absolute Gasteiger partial charge is 0.726 e. The molecule has 0 radical (unpaired) electrons. The van der Waals surface area contributed by atoms with Crippen LogP contribution in [-0.2, 0) is 29.2 Å². The van der Waals surface area contributed by atoms with Crippen LogP contribution in [0.1, 0.15) is 91.9 Å². The van der Waals surface area contributed by atoms with Gasteiger partial charge in [0.2, 0.25) is 20.8 Å². The Morgan fingerprint density at radius 3 is 2.39 bits per heavy atom. The molecule has 9 nitrogen and oxygen atoms in total. The third kappa shape index (κ3) is 6.34. The lowest BCUT2D eigenvalue weighted by atomic mass is 9.46. The quantitative estimate of drug-likeness (QED) is 0.228. The average Bonchev–Trinajstić information content (AvgIpc) is 3.12. The predicted molar refractivity (Wildman–Crippen MR) is 139 cm³/mol. The van der Waals surface area contributed by atoms with Gasteiger partial charge < -0.3 is 14.2 Å². The highest BCUT2D eigenvalue weighted by molar-refractivity contribution is 7.81. The summed E-state index contributed by atoms with van der Waals surface area (Å²) in [6, 6.07) is 0. The van der Waals surface area contributed by atoms with Crippen LogP contribution in [-0.4, -0.2) is 49.9 Å². The number of rotatable bonds is 10. The maximum atomic E-state index is 11.3. The Bertz CT molecular complexity index is 1100. The van der Waals surface area contributed by atoms with Gasteiger partial charge in [-0.25, -0.2) is 16.8 Å². The molecule has 220 valence electrons. The van der Waals surface area contributed by atoms with E-state index in [4.69, 9.17) is 4.18 Å². The number of allylic oxidation sites excluding steroid dienone is 1. The molecule has 11 heteroatoms. The van der Waals surface area contributed by atoms with Crippen LogP contribution in [0.2, 0.25) is 0 Å². The van der Waals surface area contributed by atoms with Gasteiger partial charge in [-0.2, -0.15) is 0 Å². The van der Waals surface area contributed by atoms with Gasteiger partial charge in [-0.15, -0.1) is 0 Å². The van der Waals surface area contributed by atoms with E-state index in [1.165, 1.54) is 0 Å². The Morgan fingerprint density at radius 2 is 1.76 bits per heavy atom. The Morgan fingerprint density at radius 1 is 1.05 bits per heavy atom. The molecule has 0 aromatic heterocycles. The predicted octanol–water partition coefficient (Wildman–Crippen LogP) is 4.30. The molecule has 0 saturated heterocycles. The lowest BCUT2D eigenvalue weighted by Crippen LogP contribution is -2.54. The van der Waals surface area contributed by atoms with Gasteiger partial charge in [0.1, 0.15) is 6.10 Å². The van der Waals surface area contributed by atoms with Gasteiger partial charge in [0, 0.05) is 0 Å². The fraction of sp³-hybridized carbons (Fsp3) is 0.926. The van der Waals surface area contributed by atoms with Gasteiger partial charge in [0.05, 0.1) is 12.7 Å². The number of fused-ring (bicyclic) bond motifs is 5. The van der Waals surface area contributed by atoms with Crippen molar-refractivity contribution in [3.63, 3.8) is 0 Å². The zero-order chi connectivity index (χ0) is 28.1. The van der Waals surface area contributed by atoms with Crippen molar-refractivity contribution in [2.75, 3.05) is 6.61 Å². The van der Waals surface area contributed by atoms with Gasteiger partial charge in [0.15, 0.2) is 0 Å². The van der Waals surface area contributed by atoms with E-state index in [2.05, 4.69) is 38.0 Å². The molecule has 0 spiro atoms. The van der Waals surface area contributed by atoms with Gasteiger partial charge >= 0.3 is 0 Å². The summed E-state index contributed by atoms with van der Waals surface area (Å²) >= 11 is 0. The lowest BCUT2D eigenvalue weighted by molar-refractivity contribution is -0.0866. The highest BCUT2D eigenvalue weighted by atomic mass is 32.3. The first-order valence-electron chi connectivity index (χ1n) is 14.2. The minimum absolute atomic E-state index is 0.0109. The van der Waals surface area contributed by atoms with Gasteiger partial charge in [-0.1, -0.05) is 52.2 Å². The number of aliphatic hydroxyl groups excluding tert-OH is 1. The molecule has 4 rings (SSSR count). The summed E-state index contributed by atoms with van der Waals surface area (Å²) in [5, 5.41) is 10.8. The summed E-state index contributed by atoms with van der Waals surface area (Å²) in [6.07, 6.45) is 8.39. The molecule has 3 unspecified atom stereocenters. The van der Waals surface area contributed by atoms with E-state index in [1.54, 1.807) is 0 Å². The Hall–Kier alpha value is -0.560. The lowest BCUT2D eigenvalue weighted by Gasteiger charge is -2.59. The molecule has 4 aliphatic carbocycles. The molecule has 38 heavy (non-hydrogen) atoms. The van der Waals surface area contributed by atoms with Crippen LogP contribution in [0.15, 0.2) is 11.6 Å². The first-order chi connectivity index (χ1) is 17.5. The molecular formula is C27H44O9S2-2. The minimum Gasteiger partial charge on any atom is -0.726 e. The fourth-order valence-electron chi connectivity index (χ4n) is 9.10. The molecule has 0 aromatic rings. The van der Waals surface area contributed by atoms with Crippen LogP contribution in [0.5, 0.6) is 0 Å². The molecule has 0 aliphatic heterocycles. The summed E-state index contributed by atoms with van der Waals surface area (Å²) in [6.45, 7) is 8.79. The second-order valence-corrected chi connectivity index (χ2v) is 15.3. The second-order valence-electron chi connectivity index (χ2n) is 13.3. The van der Waals surface area contributed by atoms with Crippen LogP contribution < -0.4 is 0 Å². The van der Waals surface area contributed by atoms with Crippen molar-refractivity contribution in [1.29, 1.82) is 0 Å². The van der Waals surface area contributed by atoms with Crippen molar-refractivity contribution in [2.45, 2.75) is 104 Å². The van der Waals surface area contributed by atoms with Gasteiger partial charge in [-0.05, 0) is 97.7 Å². The van der Waals surface area contributed by atoms with E-state index in [0.717, 1.165) is 56.9 Å². The van der Waals surface area contributed by atoms with Crippen molar-refractivity contribution in [3.05, 3.63) is 11.6 Å². The topological polar surface area (TPSA) is 153 Å². The minimum atomic E-state index is -4.90. The van der Waals surface area contributed by atoms with Gasteiger partial charge in [-0.3, -0.25) is 8.37 Å². The molecule has 1 N–H and O–H groups in total. The summed E-state index contributed by atoms with van der Waals surface area (Å²) in [5.74, 6) is 2.01. The standard InChI is InChI=1S/C27H46O9S2/c1-17(2)6-5-7-18(16-35-37(29,30)31)21-10-11-22-20-9-8-19-14-25(36-38(32,33)34)24(28)15-27(19,4)23(20)12-13-26(21,22)3/h8,17-18,20-25,28H,5-7,9-16H2,1-4H3,(H,29,30,31)(H,32,33,34)/p-2/t18-,20?,21+,22?,23?,24-,25-,26+,27-/m0/s1. The maximum Gasteiger partial charge on any atom is 0.218 e. The Kier molecular flexibility index (Phi) is 8.82. The highest BCUT2D eigenvalue weighted by Crippen LogP contribution is 2.67. The second kappa shape index (κ2) is 11.0. The first-order valence-corrected chi connectivity index (χ1v) is 16.8. The monoisotopic (exact) mass is 576 g/mol. The first kappa shape index (κ1) is 30.4. The number of hydrogen-bond acceptors (Lipinski definition) is 9. The Labute approximate surface area is 228 Å². The van der Waals surface area contributed by atoms with Gasteiger partial charge in [0.25, 0.3) is 0 Å². The molecular weight excluding hydrogens is 532 g/mol. The van der Waals surface area contributed by atoms with Crippen LogP contribution in [0.25, 0.3) is 0 Å². The SMILES string of the molecule is CC(C)CCC[C@@H](COS(=O)(=O)[O-])[C@H]1CCC2C3CC=C4C[C@H](OS(=O)(=O)[O-])[C@@H](O)C[C@]4(C)C3CC[C@@]21C. The Balaban J connectivity index is 1.54. The fourth-order valence-corrected chi connectivity index (χ4v) is 9.94. The normalized spacial score (nSPS) is 40.3. The number of hydrogen-bond donors (Lipinski definition) is 1. The zero-order valence-electron chi connectivity index (χ0n) is 23.0. The van der Waals surface area contributed by atoms with Crippen LogP contribution >= 0.6 is 0 Å². The average molecular weight is 577 g/mol. The number of aliphatic hydroxyl groups is 1. The van der Waals surface area contributed by atoms with Crippen molar-refractivity contribution >= 4 is 20.8 Å². The van der Waals surface area contributed by atoms with E-state index < -0.39 is 33.0 Å².